The third-order valence-corrected chi connectivity index (χ3v) is 5.02. The lowest BCUT2D eigenvalue weighted by atomic mass is 9.48. The van der Waals surface area contributed by atoms with Gasteiger partial charge >= 0.3 is 0 Å². The minimum absolute atomic E-state index is 0.751. The van der Waals surface area contributed by atoms with Crippen LogP contribution in [0.3, 0.4) is 0 Å². The molecule has 1 aromatic rings. The van der Waals surface area contributed by atoms with Gasteiger partial charge in [0, 0.05) is 12.1 Å². The van der Waals surface area contributed by atoms with Crippen molar-refractivity contribution in [3.05, 3.63) is 29.8 Å². The number of hydrogen-bond acceptors (Lipinski definition) is 1. The lowest BCUT2D eigenvalue weighted by molar-refractivity contribution is -0.0391. The van der Waals surface area contributed by atoms with E-state index in [0.29, 0.717) is 0 Å². The van der Waals surface area contributed by atoms with Crippen LogP contribution < -0.4 is 0 Å². The summed E-state index contributed by atoms with van der Waals surface area (Å²) in [5.74, 6) is 1.79. The van der Waals surface area contributed by atoms with E-state index < -0.39 is 0 Å². The van der Waals surface area contributed by atoms with Crippen molar-refractivity contribution in [2.45, 2.75) is 39.0 Å². The molecular formula is C16H19N. The van der Waals surface area contributed by atoms with Crippen molar-refractivity contribution in [2.24, 2.45) is 22.2 Å². The zero-order chi connectivity index (χ0) is 11.5. The first kappa shape index (κ1) is 9.87. The van der Waals surface area contributed by atoms with Crippen molar-refractivity contribution < 1.29 is 0 Å². The smallest absolute Gasteiger partial charge is 0.0665 e. The number of para-hydroxylation sites is 1. The maximum absolute atomic E-state index is 4.83. The SMILES string of the molecule is CC1CC2(C1)CC(C1=Nc3ccccc3C1)C2. The molecule has 4 rings (SSSR count). The van der Waals surface area contributed by atoms with Crippen LogP contribution >= 0.6 is 0 Å². The van der Waals surface area contributed by atoms with Crippen LogP contribution in [0.4, 0.5) is 5.69 Å². The van der Waals surface area contributed by atoms with Crippen molar-refractivity contribution in [3.63, 3.8) is 0 Å². The van der Waals surface area contributed by atoms with E-state index in [1.54, 1.807) is 0 Å². The standard InChI is InChI=1S/C16H19N/c1-11-7-16(8-11)9-13(10-16)15-6-12-4-2-3-5-14(12)17-15/h2-5,11,13H,6-10H2,1H3. The van der Waals surface area contributed by atoms with Gasteiger partial charge in [-0.25, -0.2) is 0 Å². The minimum atomic E-state index is 0.751. The highest BCUT2D eigenvalue weighted by Gasteiger charge is 2.52. The van der Waals surface area contributed by atoms with Gasteiger partial charge < -0.3 is 0 Å². The molecule has 0 bridgehead atoms. The normalized spacial score (nSPS) is 38.3. The quantitative estimate of drug-likeness (QED) is 0.681. The van der Waals surface area contributed by atoms with Crippen molar-refractivity contribution in [1.82, 2.24) is 0 Å². The Morgan fingerprint density at radius 1 is 1.12 bits per heavy atom. The molecule has 0 atom stereocenters. The maximum Gasteiger partial charge on any atom is 0.0665 e. The molecule has 2 saturated carbocycles. The molecule has 1 aliphatic heterocycles. The summed E-state index contributed by atoms with van der Waals surface area (Å²) in [7, 11) is 0. The van der Waals surface area contributed by atoms with Gasteiger partial charge in [-0.1, -0.05) is 25.1 Å². The van der Waals surface area contributed by atoms with Crippen molar-refractivity contribution in [2.75, 3.05) is 0 Å². The molecule has 1 spiro atoms. The highest BCUT2D eigenvalue weighted by atomic mass is 14.8. The van der Waals surface area contributed by atoms with E-state index >= 15 is 0 Å². The Kier molecular flexibility index (Phi) is 1.87. The molecule has 1 heteroatoms. The molecule has 3 aliphatic rings. The predicted molar refractivity (Wildman–Crippen MR) is 70.8 cm³/mol. The Labute approximate surface area is 103 Å². The molecule has 0 saturated heterocycles. The van der Waals surface area contributed by atoms with Crippen LogP contribution in [0.2, 0.25) is 0 Å². The molecule has 17 heavy (non-hydrogen) atoms. The molecule has 2 fully saturated rings. The van der Waals surface area contributed by atoms with Gasteiger partial charge in [0.15, 0.2) is 0 Å². The highest BCUT2D eigenvalue weighted by Crippen LogP contribution is 2.61. The molecule has 1 aromatic carbocycles. The molecule has 0 unspecified atom stereocenters. The largest absolute Gasteiger partial charge is 0.257 e. The van der Waals surface area contributed by atoms with Gasteiger partial charge in [0.1, 0.15) is 0 Å². The van der Waals surface area contributed by atoms with Crippen LogP contribution in [0.1, 0.15) is 38.2 Å². The van der Waals surface area contributed by atoms with Gasteiger partial charge in [0.25, 0.3) is 0 Å². The second-order valence-electron chi connectivity index (χ2n) is 6.53. The van der Waals surface area contributed by atoms with E-state index in [1.807, 2.05) is 0 Å². The monoisotopic (exact) mass is 225 g/mol. The fourth-order valence-electron chi connectivity index (χ4n) is 4.37. The Balaban J connectivity index is 1.47. The topological polar surface area (TPSA) is 12.4 Å². The van der Waals surface area contributed by atoms with Gasteiger partial charge in [0.05, 0.1) is 5.69 Å². The summed E-state index contributed by atoms with van der Waals surface area (Å²) in [6.07, 6.45) is 6.91. The average Bonchev–Trinajstić information content (AvgIpc) is 2.64. The summed E-state index contributed by atoms with van der Waals surface area (Å²) >= 11 is 0. The van der Waals surface area contributed by atoms with Crippen LogP contribution in [-0.2, 0) is 6.42 Å². The minimum Gasteiger partial charge on any atom is -0.257 e. The summed E-state index contributed by atoms with van der Waals surface area (Å²) < 4.78 is 0. The van der Waals surface area contributed by atoms with Crippen LogP contribution in [0.25, 0.3) is 0 Å². The molecule has 0 aromatic heterocycles. The third-order valence-electron chi connectivity index (χ3n) is 5.02. The third kappa shape index (κ3) is 1.41. The fraction of sp³-hybridized carbons (Fsp3) is 0.562. The van der Waals surface area contributed by atoms with Gasteiger partial charge in [-0.2, -0.15) is 0 Å². The summed E-state index contributed by atoms with van der Waals surface area (Å²) in [5, 5.41) is 0. The number of benzene rings is 1. The lowest BCUT2D eigenvalue weighted by Gasteiger charge is -2.57. The van der Waals surface area contributed by atoms with E-state index in [1.165, 1.54) is 42.6 Å². The molecule has 0 amide bonds. The molecule has 1 heterocycles. The summed E-state index contributed by atoms with van der Waals surface area (Å²) in [5.41, 5.74) is 4.88. The van der Waals surface area contributed by atoms with Gasteiger partial charge in [-0.3, -0.25) is 4.99 Å². The van der Waals surface area contributed by atoms with Gasteiger partial charge in [-0.15, -0.1) is 0 Å². The Morgan fingerprint density at radius 3 is 2.59 bits per heavy atom. The summed E-state index contributed by atoms with van der Waals surface area (Å²) in [6.45, 7) is 2.39. The zero-order valence-corrected chi connectivity index (χ0v) is 10.4. The van der Waals surface area contributed by atoms with E-state index in [9.17, 15) is 0 Å². The van der Waals surface area contributed by atoms with Crippen LogP contribution in [-0.4, -0.2) is 5.71 Å². The second-order valence-corrected chi connectivity index (χ2v) is 6.53. The predicted octanol–water partition coefficient (Wildman–Crippen LogP) is 4.14. The van der Waals surface area contributed by atoms with Crippen LogP contribution in [0.15, 0.2) is 29.3 Å². The van der Waals surface area contributed by atoms with Crippen LogP contribution in [0, 0.1) is 17.3 Å². The van der Waals surface area contributed by atoms with Crippen molar-refractivity contribution >= 4 is 11.4 Å². The first-order valence-corrected chi connectivity index (χ1v) is 6.89. The maximum atomic E-state index is 4.83. The number of rotatable bonds is 1. The molecule has 0 N–H and O–H groups in total. The van der Waals surface area contributed by atoms with Crippen molar-refractivity contribution in [3.8, 4) is 0 Å². The summed E-state index contributed by atoms with van der Waals surface area (Å²) in [6, 6.07) is 8.61. The molecule has 2 aliphatic carbocycles. The van der Waals surface area contributed by atoms with Crippen LogP contribution in [0.5, 0.6) is 0 Å². The second kappa shape index (κ2) is 3.22. The number of fused-ring (bicyclic) bond motifs is 1. The zero-order valence-electron chi connectivity index (χ0n) is 10.4. The highest BCUT2D eigenvalue weighted by molar-refractivity contribution is 5.96. The fourth-order valence-corrected chi connectivity index (χ4v) is 4.37. The van der Waals surface area contributed by atoms with Gasteiger partial charge in [-0.05, 0) is 54.6 Å². The number of aliphatic imine (C=N–C) groups is 1. The Bertz CT molecular complexity index is 486. The average molecular weight is 225 g/mol. The summed E-state index contributed by atoms with van der Waals surface area (Å²) in [4.78, 5) is 4.83. The molecular weight excluding hydrogens is 206 g/mol. The first-order chi connectivity index (χ1) is 8.24. The Morgan fingerprint density at radius 2 is 1.88 bits per heavy atom. The Hall–Kier alpha value is -1.11. The first-order valence-electron chi connectivity index (χ1n) is 6.89. The van der Waals surface area contributed by atoms with E-state index in [0.717, 1.165) is 23.7 Å². The van der Waals surface area contributed by atoms with E-state index in [2.05, 4.69) is 31.2 Å². The van der Waals surface area contributed by atoms with Gasteiger partial charge in [0.2, 0.25) is 0 Å². The van der Waals surface area contributed by atoms with E-state index in [-0.39, 0.29) is 0 Å². The molecule has 1 nitrogen and oxygen atoms in total. The van der Waals surface area contributed by atoms with Crippen molar-refractivity contribution in [1.29, 1.82) is 0 Å². The number of hydrogen-bond donors (Lipinski definition) is 0. The lowest BCUT2D eigenvalue weighted by Crippen LogP contribution is -2.49. The molecule has 88 valence electrons. The molecule has 0 radical (unpaired) electrons. The number of nitrogens with zero attached hydrogens (tertiary/aromatic N) is 1. The van der Waals surface area contributed by atoms with E-state index in [4.69, 9.17) is 4.99 Å².